The molecule has 6 nitrogen and oxygen atoms in total. The smallest absolute Gasteiger partial charge is 0.241 e. The minimum absolute atomic E-state index is 0. The summed E-state index contributed by atoms with van der Waals surface area (Å²) in [6.45, 7) is 8.01. The Balaban J connectivity index is 0. The number of piperidine rings is 1. The van der Waals surface area contributed by atoms with E-state index in [1.807, 2.05) is 21.0 Å². The van der Waals surface area contributed by atoms with Gasteiger partial charge in [-0.25, -0.2) is 8.42 Å². The van der Waals surface area contributed by atoms with Gasteiger partial charge in [0.1, 0.15) is 0 Å². The summed E-state index contributed by atoms with van der Waals surface area (Å²) in [6.07, 6.45) is 1.84. The normalized spacial score (nSPS) is 19.0. The fourth-order valence-corrected chi connectivity index (χ4v) is 4.41. The van der Waals surface area contributed by atoms with Crippen molar-refractivity contribution in [2.75, 3.05) is 40.0 Å². The summed E-state index contributed by atoms with van der Waals surface area (Å²) in [7, 11) is 0.511. The quantitative estimate of drug-likeness (QED) is 0.691. The lowest BCUT2D eigenvalue weighted by Gasteiger charge is -2.39. The summed E-state index contributed by atoms with van der Waals surface area (Å²) in [5.74, 6) is -0.351. The van der Waals surface area contributed by atoms with Gasteiger partial charge >= 0.3 is 0 Å². The first-order valence-corrected chi connectivity index (χ1v) is 9.67. The molecule has 1 rings (SSSR count). The fraction of sp³-hybridized carbons (Fsp3) is 0.933. The van der Waals surface area contributed by atoms with Crippen molar-refractivity contribution in [2.24, 2.45) is 5.41 Å². The lowest BCUT2D eigenvalue weighted by molar-refractivity contribution is -0.125. The highest BCUT2D eigenvalue weighted by Gasteiger charge is 2.49. The van der Waals surface area contributed by atoms with E-state index in [4.69, 9.17) is 0 Å². The number of hydrogen-bond donors (Lipinski definition) is 2. The van der Waals surface area contributed by atoms with Crippen LogP contribution < -0.4 is 10.6 Å². The number of hydrogen-bond acceptors (Lipinski definition) is 5. The molecular weight excluding hydrogens is 373 g/mol. The van der Waals surface area contributed by atoms with E-state index in [-0.39, 0.29) is 42.2 Å². The molecule has 1 aliphatic rings. The van der Waals surface area contributed by atoms with Crippen molar-refractivity contribution >= 4 is 40.6 Å². The average Bonchev–Trinajstić information content (AvgIpc) is 2.36. The van der Waals surface area contributed by atoms with E-state index in [9.17, 15) is 13.2 Å². The van der Waals surface area contributed by atoms with Crippen LogP contribution in [0.1, 0.15) is 33.6 Å². The number of amides is 1. The molecule has 24 heavy (non-hydrogen) atoms. The van der Waals surface area contributed by atoms with Crippen LogP contribution in [0.25, 0.3) is 0 Å². The van der Waals surface area contributed by atoms with Crippen LogP contribution in [0.15, 0.2) is 0 Å². The maximum Gasteiger partial charge on any atom is 0.241 e. The minimum Gasteiger partial charge on any atom is -0.352 e. The molecule has 1 saturated heterocycles. The molecular formula is C15H33Cl2N3O3S. The van der Waals surface area contributed by atoms with Gasteiger partial charge in [0.2, 0.25) is 5.91 Å². The predicted octanol–water partition coefficient (Wildman–Crippen LogP) is 1.09. The molecule has 1 fully saturated rings. The van der Waals surface area contributed by atoms with E-state index in [1.54, 1.807) is 0 Å². The number of nitrogens with one attached hydrogen (secondary N) is 2. The molecule has 1 aliphatic heterocycles. The molecule has 9 heteroatoms. The van der Waals surface area contributed by atoms with E-state index in [2.05, 4.69) is 29.4 Å². The van der Waals surface area contributed by atoms with Crippen molar-refractivity contribution in [3.8, 4) is 0 Å². The molecule has 0 aliphatic carbocycles. The van der Waals surface area contributed by atoms with Gasteiger partial charge in [0, 0.05) is 18.8 Å². The molecule has 0 saturated carbocycles. The summed E-state index contributed by atoms with van der Waals surface area (Å²) in [5.41, 5.74) is -0.148. The molecule has 0 bridgehead atoms. The summed E-state index contributed by atoms with van der Waals surface area (Å²) in [4.78, 5) is 14.8. The summed E-state index contributed by atoms with van der Waals surface area (Å²) in [5, 5.41) is 6.10. The SMILES string of the molecule is CC(NC(=O)C1(S(C)(=O)=O)CCNCC1)C(C)(C)CN(C)C.Cl.Cl. The molecule has 1 amide bonds. The molecule has 0 aromatic carbocycles. The van der Waals surface area contributed by atoms with Crippen LogP contribution in [-0.4, -0.2) is 70.0 Å². The topological polar surface area (TPSA) is 78.5 Å². The zero-order valence-corrected chi connectivity index (χ0v) is 18.0. The first-order chi connectivity index (χ1) is 9.92. The van der Waals surface area contributed by atoms with E-state index in [0.717, 1.165) is 6.54 Å². The molecule has 0 aromatic heterocycles. The van der Waals surface area contributed by atoms with Gasteiger partial charge in [-0.05, 0) is 52.4 Å². The Kier molecular flexibility index (Phi) is 10.4. The van der Waals surface area contributed by atoms with Crippen LogP contribution >= 0.6 is 24.8 Å². The number of carbonyl (C=O) groups excluding carboxylic acids is 1. The monoisotopic (exact) mass is 405 g/mol. The van der Waals surface area contributed by atoms with Gasteiger partial charge in [-0.2, -0.15) is 0 Å². The fourth-order valence-electron chi connectivity index (χ4n) is 3.07. The zero-order valence-electron chi connectivity index (χ0n) is 15.5. The number of carbonyl (C=O) groups is 1. The van der Waals surface area contributed by atoms with Crippen molar-refractivity contribution in [1.29, 1.82) is 0 Å². The van der Waals surface area contributed by atoms with Gasteiger partial charge < -0.3 is 15.5 Å². The van der Waals surface area contributed by atoms with E-state index in [0.29, 0.717) is 25.9 Å². The van der Waals surface area contributed by atoms with Crippen LogP contribution in [0.4, 0.5) is 0 Å². The van der Waals surface area contributed by atoms with Gasteiger partial charge in [-0.3, -0.25) is 4.79 Å². The Hall–Kier alpha value is -0.0800. The minimum atomic E-state index is -3.46. The van der Waals surface area contributed by atoms with E-state index >= 15 is 0 Å². The molecule has 1 unspecified atom stereocenters. The molecule has 0 aromatic rings. The standard InChI is InChI=1S/C15H31N3O3S.2ClH/c1-12(14(2,3)11-18(4)5)17-13(19)15(22(6,20)21)7-9-16-10-8-15;;/h12,16H,7-11H2,1-6H3,(H,17,19);2*1H. The van der Waals surface area contributed by atoms with E-state index in [1.165, 1.54) is 6.26 Å². The first kappa shape index (κ1) is 26.2. The number of nitrogens with zero attached hydrogens (tertiary/aromatic N) is 1. The second-order valence-corrected chi connectivity index (χ2v) is 9.76. The second kappa shape index (κ2) is 9.57. The summed E-state index contributed by atoms with van der Waals surface area (Å²) < 4.78 is 23.2. The third-order valence-corrected chi connectivity index (χ3v) is 6.79. The number of sulfone groups is 1. The van der Waals surface area contributed by atoms with Crippen molar-refractivity contribution in [3.05, 3.63) is 0 Å². The maximum absolute atomic E-state index is 12.8. The van der Waals surface area contributed by atoms with Crippen LogP contribution in [0, 0.1) is 5.41 Å². The molecule has 1 heterocycles. The lowest BCUT2D eigenvalue weighted by Crippen LogP contribution is -2.60. The molecule has 1 atom stereocenters. The van der Waals surface area contributed by atoms with Gasteiger partial charge in [0.05, 0.1) is 0 Å². The van der Waals surface area contributed by atoms with Gasteiger partial charge in [-0.15, -0.1) is 24.8 Å². The van der Waals surface area contributed by atoms with Crippen LogP contribution in [0.5, 0.6) is 0 Å². The third-order valence-electron chi connectivity index (χ3n) is 4.78. The van der Waals surface area contributed by atoms with Crippen LogP contribution in [0.2, 0.25) is 0 Å². The highest BCUT2D eigenvalue weighted by Crippen LogP contribution is 2.29. The Morgan fingerprint density at radius 3 is 2.08 bits per heavy atom. The average molecular weight is 406 g/mol. The third kappa shape index (κ3) is 6.02. The van der Waals surface area contributed by atoms with Crippen LogP contribution in [0.3, 0.4) is 0 Å². The highest BCUT2D eigenvalue weighted by atomic mass is 35.5. The lowest BCUT2D eigenvalue weighted by atomic mass is 9.84. The number of halogens is 2. The Morgan fingerprint density at radius 2 is 1.71 bits per heavy atom. The van der Waals surface area contributed by atoms with Gasteiger partial charge in [0.15, 0.2) is 14.6 Å². The van der Waals surface area contributed by atoms with Crippen LogP contribution in [-0.2, 0) is 14.6 Å². The second-order valence-electron chi connectivity index (χ2n) is 7.44. The summed E-state index contributed by atoms with van der Waals surface area (Å²) in [6, 6.07) is -0.115. The van der Waals surface area contributed by atoms with Crippen molar-refractivity contribution in [1.82, 2.24) is 15.5 Å². The molecule has 0 radical (unpaired) electrons. The van der Waals surface area contributed by atoms with Crippen molar-refractivity contribution < 1.29 is 13.2 Å². The maximum atomic E-state index is 12.8. The first-order valence-electron chi connectivity index (χ1n) is 7.78. The molecule has 0 spiro atoms. The largest absolute Gasteiger partial charge is 0.352 e. The van der Waals surface area contributed by atoms with Gasteiger partial charge in [-0.1, -0.05) is 13.8 Å². The zero-order chi connectivity index (χ0) is 17.2. The molecule has 2 N–H and O–H groups in total. The Morgan fingerprint density at radius 1 is 1.25 bits per heavy atom. The molecule has 146 valence electrons. The Bertz CT molecular complexity index is 504. The summed E-state index contributed by atoms with van der Waals surface area (Å²) >= 11 is 0. The van der Waals surface area contributed by atoms with Crippen molar-refractivity contribution in [3.63, 3.8) is 0 Å². The Labute approximate surface area is 159 Å². The van der Waals surface area contributed by atoms with E-state index < -0.39 is 14.6 Å². The van der Waals surface area contributed by atoms with Crippen molar-refractivity contribution in [2.45, 2.75) is 44.4 Å². The predicted molar refractivity (Wildman–Crippen MR) is 104 cm³/mol. The number of rotatable bonds is 6. The van der Waals surface area contributed by atoms with Gasteiger partial charge in [0.25, 0.3) is 0 Å². The highest BCUT2D eigenvalue weighted by molar-refractivity contribution is 7.92.